The molecule has 1 heterocycles. The minimum Gasteiger partial charge on any atom is -0.334 e. The molecule has 0 spiro atoms. The van der Waals surface area contributed by atoms with Crippen molar-refractivity contribution >= 4 is 5.91 Å². The average Bonchev–Trinajstić information content (AvgIpc) is 2.70. The van der Waals surface area contributed by atoms with Gasteiger partial charge in [0.1, 0.15) is 5.82 Å². The minimum atomic E-state index is -0.249. The molecule has 1 fully saturated rings. The van der Waals surface area contributed by atoms with Crippen LogP contribution in [0.25, 0.3) is 0 Å². The van der Waals surface area contributed by atoms with Gasteiger partial charge in [0.05, 0.1) is 12.1 Å². The Bertz CT molecular complexity index is 422. The van der Waals surface area contributed by atoms with Gasteiger partial charge in [-0.2, -0.15) is 0 Å². The van der Waals surface area contributed by atoms with E-state index in [2.05, 4.69) is 5.32 Å². The maximum Gasteiger partial charge on any atom is 0.240 e. The van der Waals surface area contributed by atoms with E-state index in [1.54, 1.807) is 30.1 Å². The normalized spacial score (nSPS) is 21.9. The van der Waals surface area contributed by atoms with Crippen molar-refractivity contribution in [1.29, 1.82) is 0 Å². The summed E-state index contributed by atoms with van der Waals surface area (Å²) in [6.45, 7) is 2.55. The van der Waals surface area contributed by atoms with Crippen molar-refractivity contribution in [3.05, 3.63) is 35.6 Å². The molecule has 0 radical (unpaired) electrons. The molecule has 2 atom stereocenters. The fraction of sp³-hybridized carbons (Fsp3) is 0.462. The third-order valence-electron chi connectivity index (χ3n) is 3.41. The van der Waals surface area contributed by atoms with Crippen LogP contribution in [0.4, 0.5) is 4.39 Å². The lowest BCUT2D eigenvalue weighted by molar-refractivity contribution is -0.131. The lowest BCUT2D eigenvalue weighted by atomic mass is 10.1. The number of likely N-dealkylation sites (tertiary alicyclic amines) is 1. The first-order valence-corrected chi connectivity index (χ1v) is 5.87. The molecule has 1 aliphatic rings. The number of hydrogen-bond donors (Lipinski definition) is 1. The summed E-state index contributed by atoms with van der Waals surface area (Å²) in [5.41, 5.74) is 0.581. The van der Waals surface area contributed by atoms with Crippen LogP contribution < -0.4 is 5.32 Å². The molecule has 1 aromatic carbocycles. The lowest BCUT2D eigenvalue weighted by Gasteiger charge is -2.25. The Labute approximate surface area is 101 Å². The number of hydrogen-bond acceptors (Lipinski definition) is 2. The first-order chi connectivity index (χ1) is 8.15. The van der Waals surface area contributed by atoms with E-state index in [0.29, 0.717) is 12.1 Å². The molecule has 17 heavy (non-hydrogen) atoms. The SMILES string of the molecule is CNC1CCN(C(C)c2ccccc2F)C1=O. The smallest absolute Gasteiger partial charge is 0.240 e. The van der Waals surface area contributed by atoms with Crippen molar-refractivity contribution in [2.45, 2.75) is 25.4 Å². The first kappa shape index (κ1) is 12.0. The molecule has 2 rings (SSSR count). The van der Waals surface area contributed by atoms with Gasteiger partial charge in [0.2, 0.25) is 5.91 Å². The Morgan fingerprint density at radius 3 is 2.76 bits per heavy atom. The van der Waals surface area contributed by atoms with Crippen LogP contribution in [-0.2, 0) is 4.79 Å². The summed E-state index contributed by atoms with van der Waals surface area (Å²) in [6.07, 6.45) is 0.786. The van der Waals surface area contributed by atoms with E-state index < -0.39 is 0 Å². The van der Waals surface area contributed by atoms with Crippen molar-refractivity contribution in [2.75, 3.05) is 13.6 Å². The number of benzene rings is 1. The van der Waals surface area contributed by atoms with Crippen molar-refractivity contribution in [1.82, 2.24) is 10.2 Å². The second kappa shape index (κ2) is 4.84. The van der Waals surface area contributed by atoms with Crippen LogP contribution in [0.3, 0.4) is 0 Å². The molecule has 1 N–H and O–H groups in total. The Balaban J connectivity index is 2.19. The van der Waals surface area contributed by atoms with Crippen molar-refractivity contribution in [3.63, 3.8) is 0 Å². The molecule has 92 valence electrons. The first-order valence-electron chi connectivity index (χ1n) is 5.87. The van der Waals surface area contributed by atoms with Gasteiger partial charge in [0, 0.05) is 12.1 Å². The Kier molecular flexibility index (Phi) is 3.43. The number of nitrogens with one attached hydrogen (secondary N) is 1. The highest BCUT2D eigenvalue weighted by Gasteiger charge is 2.34. The molecule has 1 saturated heterocycles. The number of nitrogens with zero attached hydrogens (tertiary/aromatic N) is 1. The van der Waals surface area contributed by atoms with Gasteiger partial charge in [0.15, 0.2) is 0 Å². The number of carbonyl (C=O) groups is 1. The molecule has 1 aliphatic heterocycles. The highest BCUT2D eigenvalue weighted by molar-refractivity contribution is 5.84. The predicted octanol–water partition coefficient (Wildman–Crippen LogP) is 1.71. The largest absolute Gasteiger partial charge is 0.334 e. The number of rotatable bonds is 3. The quantitative estimate of drug-likeness (QED) is 0.866. The van der Waals surface area contributed by atoms with Crippen LogP contribution in [0.2, 0.25) is 0 Å². The van der Waals surface area contributed by atoms with E-state index in [4.69, 9.17) is 0 Å². The number of likely N-dealkylation sites (N-methyl/N-ethyl adjacent to an activating group) is 1. The van der Waals surface area contributed by atoms with Crippen LogP contribution in [-0.4, -0.2) is 30.4 Å². The van der Waals surface area contributed by atoms with Gasteiger partial charge in [-0.25, -0.2) is 4.39 Å². The highest BCUT2D eigenvalue weighted by atomic mass is 19.1. The van der Waals surface area contributed by atoms with E-state index in [0.717, 1.165) is 6.42 Å². The fourth-order valence-electron chi connectivity index (χ4n) is 2.34. The fourth-order valence-corrected chi connectivity index (χ4v) is 2.34. The molecule has 0 bridgehead atoms. The molecule has 3 nitrogen and oxygen atoms in total. The Morgan fingerprint density at radius 2 is 2.18 bits per heavy atom. The van der Waals surface area contributed by atoms with Crippen LogP contribution in [0.1, 0.15) is 24.9 Å². The van der Waals surface area contributed by atoms with Crippen molar-refractivity contribution < 1.29 is 9.18 Å². The van der Waals surface area contributed by atoms with Crippen LogP contribution in [0, 0.1) is 5.82 Å². The molecular weight excluding hydrogens is 219 g/mol. The van der Waals surface area contributed by atoms with Gasteiger partial charge in [-0.05, 0) is 26.5 Å². The Morgan fingerprint density at radius 1 is 1.47 bits per heavy atom. The molecule has 0 aromatic heterocycles. The summed E-state index contributed by atoms with van der Waals surface area (Å²) in [5.74, 6) is -0.191. The molecular formula is C13H17FN2O. The van der Waals surface area contributed by atoms with Crippen LogP contribution in [0.5, 0.6) is 0 Å². The zero-order chi connectivity index (χ0) is 12.4. The maximum absolute atomic E-state index is 13.6. The maximum atomic E-state index is 13.6. The molecule has 4 heteroatoms. The van der Waals surface area contributed by atoms with E-state index in [9.17, 15) is 9.18 Å². The molecule has 0 saturated carbocycles. The summed E-state index contributed by atoms with van der Waals surface area (Å²) >= 11 is 0. The van der Waals surface area contributed by atoms with E-state index in [1.165, 1.54) is 6.07 Å². The highest BCUT2D eigenvalue weighted by Crippen LogP contribution is 2.27. The second-order valence-corrected chi connectivity index (χ2v) is 4.36. The summed E-state index contributed by atoms with van der Waals surface area (Å²) in [7, 11) is 1.78. The van der Waals surface area contributed by atoms with Gasteiger partial charge in [-0.1, -0.05) is 18.2 Å². The van der Waals surface area contributed by atoms with Gasteiger partial charge in [-0.15, -0.1) is 0 Å². The molecule has 2 unspecified atom stereocenters. The number of amides is 1. The second-order valence-electron chi connectivity index (χ2n) is 4.36. The van der Waals surface area contributed by atoms with Gasteiger partial charge < -0.3 is 10.2 Å². The van der Waals surface area contributed by atoms with Gasteiger partial charge >= 0.3 is 0 Å². The monoisotopic (exact) mass is 236 g/mol. The van der Waals surface area contributed by atoms with E-state index >= 15 is 0 Å². The average molecular weight is 236 g/mol. The standard InChI is InChI=1S/C13H17FN2O/c1-9(10-5-3-4-6-11(10)14)16-8-7-12(15-2)13(16)17/h3-6,9,12,15H,7-8H2,1-2H3. The summed E-state index contributed by atoms with van der Waals surface area (Å²) < 4.78 is 13.6. The topological polar surface area (TPSA) is 32.3 Å². The van der Waals surface area contributed by atoms with E-state index in [1.807, 2.05) is 6.92 Å². The third kappa shape index (κ3) is 2.17. The number of halogens is 1. The summed E-state index contributed by atoms with van der Waals surface area (Å²) in [4.78, 5) is 13.7. The zero-order valence-electron chi connectivity index (χ0n) is 10.1. The molecule has 1 amide bonds. The zero-order valence-corrected chi connectivity index (χ0v) is 10.1. The summed E-state index contributed by atoms with van der Waals surface area (Å²) in [5, 5.41) is 2.98. The van der Waals surface area contributed by atoms with Crippen LogP contribution in [0.15, 0.2) is 24.3 Å². The van der Waals surface area contributed by atoms with E-state index in [-0.39, 0.29) is 23.8 Å². The van der Waals surface area contributed by atoms with Gasteiger partial charge in [0.25, 0.3) is 0 Å². The predicted molar refractivity (Wildman–Crippen MR) is 64.0 cm³/mol. The summed E-state index contributed by atoms with van der Waals surface area (Å²) in [6, 6.07) is 6.30. The van der Waals surface area contributed by atoms with Crippen molar-refractivity contribution in [3.8, 4) is 0 Å². The lowest BCUT2D eigenvalue weighted by Crippen LogP contribution is -2.37. The molecule has 0 aliphatic carbocycles. The molecule has 1 aromatic rings. The Hall–Kier alpha value is -1.42. The van der Waals surface area contributed by atoms with Gasteiger partial charge in [-0.3, -0.25) is 4.79 Å². The van der Waals surface area contributed by atoms with Crippen LogP contribution >= 0.6 is 0 Å². The number of carbonyl (C=O) groups excluding carboxylic acids is 1. The third-order valence-corrected chi connectivity index (χ3v) is 3.41. The van der Waals surface area contributed by atoms with Crippen molar-refractivity contribution in [2.24, 2.45) is 0 Å². The minimum absolute atomic E-state index is 0.0586.